The van der Waals surface area contributed by atoms with Gasteiger partial charge in [0.2, 0.25) is 5.89 Å². The van der Waals surface area contributed by atoms with Gasteiger partial charge in [-0.05, 0) is 35.2 Å². The summed E-state index contributed by atoms with van der Waals surface area (Å²) in [6.45, 7) is 0. The Hall–Kier alpha value is -1.91. The molecule has 2 aromatic rings. The van der Waals surface area contributed by atoms with Crippen LogP contribution in [0.2, 0.25) is 0 Å². The number of hydrogen-bond donors (Lipinski definition) is 0. The molecule has 3 rings (SSSR count). The average molecular weight is 230 g/mol. The van der Waals surface area contributed by atoms with E-state index in [0.717, 1.165) is 12.3 Å². The second-order valence-corrected chi connectivity index (χ2v) is 4.56. The number of hydrogen-bond acceptors (Lipinski definition) is 5. The molecule has 0 aromatic carbocycles. The van der Waals surface area contributed by atoms with E-state index in [-0.39, 0.29) is 0 Å². The van der Waals surface area contributed by atoms with Crippen molar-refractivity contribution in [3.8, 4) is 0 Å². The van der Waals surface area contributed by atoms with Gasteiger partial charge in [0.25, 0.3) is 5.95 Å². The second-order valence-electron chi connectivity index (χ2n) is 4.56. The molecule has 5 nitrogen and oxygen atoms in total. The van der Waals surface area contributed by atoms with Gasteiger partial charge in [-0.25, -0.2) is 0 Å². The highest BCUT2D eigenvalue weighted by Gasteiger charge is 2.43. The molecule has 2 atom stereocenters. The van der Waals surface area contributed by atoms with E-state index >= 15 is 0 Å². The summed E-state index contributed by atoms with van der Waals surface area (Å²) in [5.74, 6) is 2.27. The third-order valence-corrected chi connectivity index (χ3v) is 3.07. The first kappa shape index (κ1) is 10.3. The summed E-state index contributed by atoms with van der Waals surface area (Å²) in [7, 11) is 3.81. The van der Waals surface area contributed by atoms with Crippen LogP contribution in [0, 0.1) is 0 Å². The van der Waals surface area contributed by atoms with Crippen LogP contribution < -0.4 is 4.90 Å². The molecular weight excluding hydrogens is 216 g/mol. The monoisotopic (exact) mass is 230 g/mol. The molecule has 88 valence electrons. The Morgan fingerprint density at radius 2 is 2.00 bits per heavy atom. The van der Waals surface area contributed by atoms with Crippen molar-refractivity contribution in [3.63, 3.8) is 0 Å². The molecule has 0 radical (unpaired) electrons. The van der Waals surface area contributed by atoms with Crippen molar-refractivity contribution in [3.05, 3.63) is 36.0 Å². The van der Waals surface area contributed by atoms with Gasteiger partial charge in [0, 0.05) is 32.4 Å². The normalized spacial score (nSPS) is 22.5. The molecule has 0 amide bonds. The fourth-order valence-electron chi connectivity index (χ4n) is 2.01. The molecule has 0 unspecified atom stereocenters. The highest BCUT2D eigenvalue weighted by atomic mass is 16.5. The van der Waals surface area contributed by atoms with E-state index in [2.05, 4.69) is 15.1 Å². The molecule has 0 saturated heterocycles. The fraction of sp³-hybridized carbons (Fsp3) is 0.417. The first-order valence-electron chi connectivity index (χ1n) is 5.66. The van der Waals surface area contributed by atoms with Crippen LogP contribution in [0.25, 0.3) is 0 Å². The van der Waals surface area contributed by atoms with Crippen molar-refractivity contribution >= 4 is 5.95 Å². The van der Waals surface area contributed by atoms with Gasteiger partial charge in [-0.15, -0.1) is 0 Å². The molecular formula is C12H14N4O. The third kappa shape index (κ3) is 1.88. The smallest absolute Gasteiger partial charge is 0.265 e. The van der Waals surface area contributed by atoms with Crippen molar-refractivity contribution in [2.75, 3.05) is 19.0 Å². The fourth-order valence-corrected chi connectivity index (χ4v) is 2.01. The highest BCUT2D eigenvalue weighted by molar-refractivity contribution is 5.31. The maximum absolute atomic E-state index is 5.28. The van der Waals surface area contributed by atoms with Crippen LogP contribution >= 0.6 is 0 Å². The predicted molar refractivity (Wildman–Crippen MR) is 63.0 cm³/mol. The van der Waals surface area contributed by atoms with E-state index in [0.29, 0.717) is 17.8 Å². The van der Waals surface area contributed by atoms with Crippen molar-refractivity contribution in [1.82, 2.24) is 15.1 Å². The molecule has 1 saturated carbocycles. The second kappa shape index (κ2) is 3.84. The zero-order chi connectivity index (χ0) is 11.8. The summed E-state index contributed by atoms with van der Waals surface area (Å²) >= 11 is 0. The van der Waals surface area contributed by atoms with E-state index in [9.17, 15) is 0 Å². The maximum atomic E-state index is 5.28. The molecule has 0 N–H and O–H groups in total. The maximum Gasteiger partial charge on any atom is 0.265 e. The Morgan fingerprint density at radius 3 is 2.65 bits per heavy atom. The van der Waals surface area contributed by atoms with E-state index in [1.165, 1.54) is 5.56 Å². The molecule has 1 aliphatic rings. The van der Waals surface area contributed by atoms with Crippen LogP contribution in [0.1, 0.15) is 29.7 Å². The molecule has 0 spiro atoms. The standard InChI is InChI=1S/C12H14N4O/c1-16(2)12-14-11(17-15-12)10-7-9(10)8-3-5-13-6-4-8/h3-6,9-10H,7H2,1-2H3/t9-,10+/m0/s1. The van der Waals surface area contributed by atoms with Crippen molar-refractivity contribution in [1.29, 1.82) is 0 Å². The lowest BCUT2D eigenvalue weighted by atomic mass is 10.1. The minimum atomic E-state index is 0.374. The van der Waals surface area contributed by atoms with Gasteiger partial charge in [0.15, 0.2) is 0 Å². The zero-order valence-electron chi connectivity index (χ0n) is 9.87. The third-order valence-electron chi connectivity index (χ3n) is 3.07. The number of nitrogens with zero attached hydrogens (tertiary/aromatic N) is 4. The summed E-state index contributed by atoms with van der Waals surface area (Å²) in [5, 5.41) is 3.93. The van der Waals surface area contributed by atoms with Crippen LogP contribution in [0.4, 0.5) is 5.95 Å². The Kier molecular flexibility index (Phi) is 2.31. The quantitative estimate of drug-likeness (QED) is 0.804. The van der Waals surface area contributed by atoms with Gasteiger partial charge >= 0.3 is 0 Å². The Morgan fingerprint density at radius 1 is 1.24 bits per heavy atom. The van der Waals surface area contributed by atoms with Gasteiger partial charge in [-0.1, -0.05) is 0 Å². The van der Waals surface area contributed by atoms with Gasteiger partial charge in [-0.3, -0.25) is 4.98 Å². The molecule has 1 fully saturated rings. The van der Waals surface area contributed by atoms with Crippen LogP contribution in [0.15, 0.2) is 29.0 Å². The van der Waals surface area contributed by atoms with Crippen molar-refractivity contribution < 1.29 is 4.52 Å². The lowest BCUT2D eigenvalue weighted by molar-refractivity contribution is 0.378. The topological polar surface area (TPSA) is 55.1 Å². The van der Waals surface area contributed by atoms with Crippen LogP contribution in [0.5, 0.6) is 0 Å². The molecule has 1 aliphatic carbocycles. The molecule has 0 bridgehead atoms. The summed E-state index contributed by atoms with van der Waals surface area (Å²) in [4.78, 5) is 10.2. The SMILES string of the molecule is CN(C)c1noc([C@@H]2C[C@H]2c2ccncc2)n1. The van der Waals surface area contributed by atoms with E-state index in [4.69, 9.17) is 4.52 Å². The van der Waals surface area contributed by atoms with Gasteiger partial charge < -0.3 is 9.42 Å². The van der Waals surface area contributed by atoms with Gasteiger partial charge in [0.05, 0.1) is 0 Å². The highest BCUT2D eigenvalue weighted by Crippen LogP contribution is 2.54. The molecule has 2 aromatic heterocycles. The lowest BCUT2D eigenvalue weighted by Gasteiger charge is -2.02. The van der Waals surface area contributed by atoms with E-state index < -0.39 is 0 Å². The number of aromatic nitrogens is 3. The first-order valence-corrected chi connectivity index (χ1v) is 5.66. The van der Waals surface area contributed by atoms with E-state index in [1.807, 2.05) is 43.5 Å². The van der Waals surface area contributed by atoms with Crippen LogP contribution in [-0.2, 0) is 0 Å². The van der Waals surface area contributed by atoms with Crippen LogP contribution in [-0.4, -0.2) is 29.2 Å². The minimum absolute atomic E-state index is 0.374. The summed E-state index contributed by atoms with van der Waals surface area (Å²) in [6.07, 6.45) is 4.73. The summed E-state index contributed by atoms with van der Waals surface area (Å²) < 4.78 is 5.28. The van der Waals surface area contributed by atoms with Crippen molar-refractivity contribution in [2.45, 2.75) is 18.3 Å². The molecule has 0 aliphatic heterocycles. The number of anilines is 1. The van der Waals surface area contributed by atoms with Gasteiger partial charge in [0.1, 0.15) is 0 Å². The molecule has 17 heavy (non-hydrogen) atoms. The first-order chi connectivity index (χ1) is 8.25. The lowest BCUT2D eigenvalue weighted by Crippen LogP contribution is -2.10. The Labute approximate surface area is 99.5 Å². The largest absolute Gasteiger partial charge is 0.344 e. The minimum Gasteiger partial charge on any atom is -0.344 e. The number of pyridine rings is 1. The predicted octanol–water partition coefficient (Wildman–Crippen LogP) is 1.80. The van der Waals surface area contributed by atoms with Crippen molar-refractivity contribution in [2.24, 2.45) is 0 Å². The zero-order valence-corrected chi connectivity index (χ0v) is 9.87. The molecule has 5 heteroatoms. The van der Waals surface area contributed by atoms with Gasteiger partial charge in [-0.2, -0.15) is 4.98 Å². The summed E-state index contributed by atoms with van der Waals surface area (Å²) in [6, 6.07) is 4.10. The van der Waals surface area contributed by atoms with E-state index in [1.54, 1.807) is 0 Å². The summed E-state index contributed by atoms with van der Waals surface area (Å²) in [5.41, 5.74) is 1.30. The average Bonchev–Trinajstić information content (AvgIpc) is 2.99. The Balaban J connectivity index is 1.76. The van der Waals surface area contributed by atoms with Crippen LogP contribution in [0.3, 0.4) is 0 Å². The number of rotatable bonds is 3. The molecule has 2 heterocycles. The Bertz CT molecular complexity index is 508.